The zero-order valence-electron chi connectivity index (χ0n) is 11.3. The van der Waals surface area contributed by atoms with Crippen molar-refractivity contribution in [2.45, 2.75) is 27.2 Å². The molecule has 0 saturated carbocycles. The normalized spacial score (nSPS) is 14.0. The molecule has 0 unspecified atom stereocenters. The summed E-state index contributed by atoms with van der Waals surface area (Å²) in [5.74, 6) is 0.564. The molecule has 18 heavy (non-hydrogen) atoms. The molecule has 0 spiro atoms. The van der Waals surface area contributed by atoms with Gasteiger partial charge >= 0.3 is 0 Å². The fourth-order valence-electron chi connectivity index (χ4n) is 1.99. The molecule has 0 heterocycles. The van der Waals surface area contributed by atoms with E-state index in [1.807, 2.05) is 6.07 Å². The summed E-state index contributed by atoms with van der Waals surface area (Å²) in [5, 5.41) is 3.17. The van der Waals surface area contributed by atoms with Gasteiger partial charge in [0.25, 0.3) is 0 Å². The van der Waals surface area contributed by atoms with E-state index in [0.29, 0.717) is 5.92 Å². The molecule has 0 bridgehead atoms. The lowest BCUT2D eigenvalue weighted by Gasteiger charge is -2.10. The zero-order chi connectivity index (χ0) is 13.7. The molecule has 0 radical (unpaired) electrons. The van der Waals surface area contributed by atoms with E-state index >= 15 is 0 Å². The van der Waals surface area contributed by atoms with E-state index in [2.05, 4.69) is 77.4 Å². The van der Waals surface area contributed by atoms with Gasteiger partial charge in [-0.2, -0.15) is 0 Å². The monoisotopic (exact) mass is 370 g/mol. The molecule has 2 heteroatoms. The molecule has 1 aromatic rings. The fraction of sp³-hybridized carbons (Fsp3) is 0.375. The molecule has 0 atom stereocenters. The van der Waals surface area contributed by atoms with Crippen molar-refractivity contribution in [1.29, 1.82) is 0 Å². The van der Waals surface area contributed by atoms with Crippen LogP contribution in [0, 0.1) is 5.92 Å². The summed E-state index contributed by atoms with van der Waals surface area (Å²) in [6.45, 7) is 10.8. The second-order valence-electron chi connectivity index (χ2n) is 4.70. The van der Waals surface area contributed by atoms with Gasteiger partial charge in [-0.25, -0.2) is 0 Å². The van der Waals surface area contributed by atoms with Crippen LogP contribution in [0.1, 0.15) is 27.2 Å². The number of rotatable bonds is 4. The van der Waals surface area contributed by atoms with Crippen LogP contribution in [0.3, 0.4) is 0 Å². The molecule has 0 aliphatic rings. The van der Waals surface area contributed by atoms with Crippen LogP contribution in [-0.2, 0) is 0 Å². The lowest BCUT2D eigenvalue weighted by atomic mass is 9.98. The lowest BCUT2D eigenvalue weighted by molar-refractivity contribution is 0.819. The van der Waals surface area contributed by atoms with Crippen LogP contribution in [0.5, 0.6) is 0 Å². The summed E-state index contributed by atoms with van der Waals surface area (Å²) in [4.78, 5) is 0. The lowest BCUT2D eigenvalue weighted by Crippen LogP contribution is -2.26. The Hall–Kier alpha value is -0.340. The molecule has 0 aromatic heterocycles. The molecule has 0 N–H and O–H groups in total. The van der Waals surface area contributed by atoms with Gasteiger partial charge in [-0.3, -0.25) is 0 Å². The standard InChI is InChI=1S/C16H20Br2/c1-5-13(8-11(2)3)16(10-17)15-9-14(18)7-6-12(15)4/h6-9,11H,4-5,10H2,1-3H3/b13-8+,16-15-. The maximum Gasteiger partial charge on any atom is 0.0291 e. The summed E-state index contributed by atoms with van der Waals surface area (Å²) < 4.78 is 1.10. The number of hydrogen-bond acceptors (Lipinski definition) is 0. The van der Waals surface area contributed by atoms with Crippen molar-refractivity contribution in [3.63, 3.8) is 0 Å². The highest BCUT2D eigenvalue weighted by atomic mass is 79.9. The molecule has 0 fully saturated rings. The molecular formula is C16H20Br2. The Morgan fingerprint density at radius 2 is 2.06 bits per heavy atom. The second kappa shape index (κ2) is 7.30. The highest BCUT2D eigenvalue weighted by Crippen LogP contribution is 2.18. The maximum absolute atomic E-state index is 4.14. The van der Waals surface area contributed by atoms with Crippen LogP contribution in [-0.4, -0.2) is 5.33 Å². The number of benzene rings is 1. The summed E-state index contributed by atoms with van der Waals surface area (Å²) in [7, 11) is 0. The van der Waals surface area contributed by atoms with Crippen LogP contribution in [0.2, 0.25) is 0 Å². The van der Waals surface area contributed by atoms with Crippen molar-refractivity contribution in [3.05, 3.63) is 44.8 Å². The molecule has 0 saturated heterocycles. The molecule has 1 rings (SSSR count). The van der Waals surface area contributed by atoms with Gasteiger partial charge in [-0.15, -0.1) is 0 Å². The maximum atomic E-state index is 4.14. The summed E-state index contributed by atoms with van der Waals surface area (Å²) in [6.07, 6.45) is 3.39. The van der Waals surface area contributed by atoms with Gasteiger partial charge in [0.05, 0.1) is 0 Å². The minimum Gasteiger partial charge on any atom is -0.0911 e. The van der Waals surface area contributed by atoms with E-state index in [1.54, 1.807) is 0 Å². The Balaban J connectivity index is 3.57. The van der Waals surface area contributed by atoms with E-state index in [0.717, 1.165) is 21.4 Å². The van der Waals surface area contributed by atoms with E-state index < -0.39 is 0 Å². The van der Waals surface area contributed by atoms with Crippen LogP contribution in [0.25, 0.3) is 12.2 Å². The topological polar surface area (TPSA) is 0 Å². The van der Waals surface area contributed by atoms with Crippen LogP contribution >= 0.6 is 31.9 Å². The first-order chi connectivity index (χ1) is 8.49. The van der Waals surface area contributed by atoms with Gasteiger partial charge < -0.3 is 0 Å². The molecule has 0 nitrogen and oxygen atoms in total. The second-order valence-corrected chi connectivity index (χ2v) is 6.18. The first-order valence-corrected chi connectivity index (χ1v) is 8.15. The van der Waals surface area contributed by atoms with Crippen LogP contribution in [0.4, 0.5) is 0 Å². The van der Waals surface area contributed by atoms with Crippen molar-refractivity contribution in [2.75, 3.05) is 5.33 Å². The zero-order valence-corrected chi connectivity index (χ0v) is 14.4. The Labute approximate surface area is 127 Å². The molecule has 0 aliphatic carbocycles. The molecule has 98 valence electrons. The Morgan fingerprint density at radius 1 is 1.39 bits per heavy atom. The van der Waals surface area contributed by atoms with Gasteiger partial charge in [0, 0.05) is 9.80 Å². The summed E-state index contributed by atoms with van der Waals surface area (Å²) in [6, 6.07) is 6.25. The van der Waals surface area contributed by atoms with Crippen LogP contribution in [0.15, 0.2) is 34.3 Å². The minimum atomic E-state index is 0.564. The van der Waals surface area contributed by atoms with Gasteiger partial charge in [0.1, 0.15) is 0 Å². The number of allylic oxidation sites excluding steroid dienone is 2. The number of hydrogen-bond donors (Lipinski definition) is 0. The quantitative estimate of drug-likeness (QED) is 0.688. The van der Waals surface area contributed by atoms with Crippen molar-refractivity contribution >= 4 is 44.0 Å². The van der Waals surface area contributed by atoms with Crippen molar-refractivity contribution in [1.82, 2.24) is 0 Å². The van der Waals surface area contributed by atoms with Gasteiger partial charge in [0.15, 0.2) is 0 Å². The highest BCUT2D eigenvalue weighted by Gasteiger charge is 2.05. The van der Waals surface area contributed by atoms with E-state index in [9.17, 15) is 0 Å². The SMILES string of the molecule is C=c1ccc(Br)c/c1=C(CBr)/C(=C/C(C)C)CC. The fourth-order valence-corrected chi connectivity index (χ4v) is 3.02. The van der Waals surface area contributed by atoms with E-state index in [1.165, 1.54) is 16.4 Å². The third kappa shape index (κ3) is 4.10. The predicted octanol–water partition coefficient (Wildman–Crippen LogP) is 4.40. The first-order valence-electron chi connectivity index (χ1n) is 6.24. The highest BCUT2D eigenvalue weighted by molar-refractivity contribution is 9.10. The molecular weight excluding hydrogens is 352 g/mol. The van der Waals surface area contributed by atoms with Crippen LogP contribution < -0.4 is 10.4 Å². The van der Waals surface area contributed by atoms with E-state index in [4.69, 9.17) is 0 Å². The number of halogens is 2. The average molecular weight is 372 g/mol. The van der Waals surface area contributed by atoms with Crippen molar-refractivity contribution < 1.29 is 0 Å². The summed E-state index contributed by atoms with van der Waals surface area (Å²) >= 11 is 7.16. The Bertz CT molecular complexity index is 539. The molecule has 1 aromatic carbocycles. The minimum absolute atomic E-state index is 0.564. The first kappa shape index (κ1) is 15.7. The van der Waals surface area contributed by atoms with Crippen molar-refractivity contribution in [3.8, 4) is 0 Å². The third-order valence-electron chi connectivity index (χ3n) is 2.83. The Kier molecular flexibility index (Phi) is 6.37. The smallest absolute Gasteiger partial charge is 0.0291 e. The Morgan fingerprint density at radius 3 is 2.56 bits per heavy atom. The van der Waals surface area contributed by atoms with Gasteiger partial charge in [-0.05, 0) is 46.1 Å². The van der Waals surface area contributed by atoms with E-state index in [-0.39, 0.29) is 0 Å². The van der Waals surface area contributed by atoms with Crippen molar-refractivity contribution in [2.24, 2.45) is 5.92 Å². The number of alkyl halides is 1. The molecule has 0 amide bonds. The molecule has 0 aliphatic heterocycles. The van der Waals surface area contributed by atoms with Gasteiger partial charge in [-0.1, -0.05) is 71.4 Å². The average Bonchev–Trinajstić information content (AvgIpc) is 2.32. The third-order valence-corrected chi connectivity index (χ3v) is 3.89. The van der Waals surface area contributed by atoms with Gasteiger partial charge in [0.2, 0.25) is 0 Å². The summed E-state index contributed by atoms with van der Waals surface area (Å²) in [5.41, 5.74) is 2.75. The largest absolute Gasteiger partial charge is 0.0911 e. The predicted molar refractivity (Wildman–Crippen MR) is 89.3 cm³/mol.